The molecule has 2 aromatic rings. The summed E-state index contributed by atoms with van der Waals surface area (Å²) in [6.45, 7) is 4.74. The van der Waals surface area contributed by atoms with Crippen LogP contribution in [0.5, 0.6) is 5.75 Å². The minimum atomic E-state index is -0.133. The van der Waals surface area contributed by atoms with Gasteiger partial charge in [-0.3, -0.25) is 4.79 Å². The Kier molecular flexibility index (Phi) is 6.84. The molecule has 0 bridgehead atoms. The Hall–Kier alpha value is -2.05. The number of hydrogen-bond donors (Lipinski definition) is 2. The van der Waals surface area contributed by atoms with Crippen LogP contribution in [0.15, 0.2) is 30.5 Å². The van der Waals surface area contributed by atoms with E-state index < -0.39 is 0 Å². The second-order valence-corrected chi connectivity index (χ2v) is 6.24. The van der Waals surface area contributed by atoms with Crippen LogP contribution in [-0.2, 0) is 0 Å². The number of methoxy groups -OCH3 is 1. The molecule has 0 radical (unpaired) electrons. The second-order valence-electron chi connectivity index (χ2n) is 6.24. The van der Waals surface area contributed by atoms with Gasteiger partial charge < -0.3 is 15.4 Å². The number of carbonyl (C=O) groups excluding carboxylic acids is 1. The van der Waals surface area contributed by atoms with E-state index in [0.29, 0.717) is 18.2 Å². The lowest BCUT2D eigenvalue weighted by atomic mass is 10.00. The number of rotatable bonds is 5. The average molecular weight is 365 g/mol. The SMILES string of the molecule is COc1ccc(C)cc1-n1ccc(C(=O)NCC2CCCNC2)n1.Cl. The third-order valence-electron chi connectivity index (χ3n) is 4.35. The number of carbonyl (C=O) groups is 1. The highest BCUT2D eigenvalue weighted by atomic mass is 35.5. The zero-order chi connectivity index (χ0) is 16.9. The van der Waals surface area contributed by atoms with Crippen molar-refractivity contribution in [1.82, 2.24) is 20.4 Å². The maximum absolute atomic E-state index is 12.3. The first kappa shape index (κ1) is 19.3. The van der Waals surface area contributed by atoms with E-state index in [1.165, 1.54) is 6.42 Å². The van der Waals surface area contributed by atoms with Crippen LogP contribution >= 0.6 is 12.4 Å². The van der Waals surface area contributed by atoms with Gasteiger partial charge in [0, 0.05) is 12.7 Å². The van der Waals surface area contributed by atoms with Crippen molar-refractivity contribution in [2.45, 2.75) is 19.8 Å². The molecule has 6 nitrogen and oxygen atoms in total. The Morgan fingerprint density at radius 2 is 2.28 bits per heavy atom. The van der Waals surface area contributed by atoms with E-state index in [-0.39, 0.29) is 18.3 Å². The number of nitrogens with zero attached hydrogens (tertiary/aromatic N) is 2. The quantitative estimate of drug-likeness (QED) is 0.854. The van der Waals surface area contributed by atoms with Gasteiger partial charge in [0.2, 0.25) is 0 Å². The zero-order valence-corrected chi connectivity index (χ0v) is 15.4. The Morgan fingerprint density at radius 1 is 1.44 bits per heavy atom. The van der Waals surface area contributed by atoms with Crippen LogP contribution in [0.2, 0.25) is 0 Å². The van der Waals surface area contributed by atoms with Gasteiger partial charge in [-0.15, -0.1) is 12.4 Å². The molecule has 1 aromatic heterocycles. The minimum Gasteiger partial charge on any atom is -0.494 e. The maximum Gasteiger partial charge on any atom is 0.271 e. The van der Waals surface area contributed by atoms with E-state index in [4.69, 9.17) is 4.74 Å². The summed E-state index contributed by atoms with van der Waals surface area (Å²) in [7, 11) is 1.63. The van der Waals surface area contributed by atoms with Crippen LogP contribution < -0.4 is 15.4 Å². The molecular formula is C18H25ClN4O2. The standard InChI is InChI=1S/C18H24N4O2.ClH/c1-13-5-6-17(24-2)16(10-13)22-9-7-15(21-22)18(23)20-12-14-4-3-8-19-11-14;/h5-7,9-10,14,19H,3-4,8,11-12H2,1-2H3,(H,20,23);1H. The Morgan fingerprint density at radius 3 is 3.00 bits per heavy atom. The lowest BCUT2D eigenvalue weighted by Crippen LogP contribution is -2.38. The third kappa shape index (κ3) is 4.74. The van der Waals surface area contributed by atoms with Crippen LogP contribution in [0, 0.1) is 12.8 Å². The summed E-state index contributed by atoms with van der Waals surface area (Å²) in [4.78, 5) is 12.3. The molecule has 1 aliphatic rings. The lowest BCUT2D eigenvalue weighted by Gasteiger charge is -2.22. The molecule has 3 rings (SSSR count). The fourth-order valence-corrected chi connectivity index (χ4v) is 2.98. The van der Waals surface area contributed by atoms with Gasteiger partial charge in [0.25, 0.3) is 5.91 Å². The zero-order valence-electron chi connectivity index (χ0n) is 14.6. The van der Waals surface area contributed by atoms with Crippen LogP contribution in [0.3, 0.4) is 0 Å². The first-order chi connectivity index (χ1) is 11.7. The molecule has 1 amide bonds. The highest BCUT2D eigenvalue weighted by Gasteiger charge is 2.16. The summed E-state index contributed by atoms with van der Waals surface area (Å²) < 4.78 is 7.07. The van der Waals surface area contributed by atoms with Gasteiger partial charge in [-0.05, 0) is 62.5 Å². The number of nitrogens with one attached hydrogen (secondary N) is 2. The largest absolute Gasteiger partial charge is 0.494 e. The molecule has 0 spiro atoms. The van der Waals surface area contributed by atoms with Crippen molar-refractivity contribution >= 4 is 18.3 Å². The van der Waals surface area contributed by atoms with Crippen molar-refractivity contribution in [2.75, 3.05) is 26.7 Å². The van der Waals surface area contributed by atoms with E-state index >= 15 is 0 Å². The number of ether oxygens (including phenoxy) is 1. The van der Waals surface area contributed by atoms with Gasteiger partial charge in [0.1, 0.15) is 11.4 Å². The van der Waals surface area contributed by atoms with Crippen molar-refractivity contribution in [2.24, 2.45) is 5.92 Å². The molecule has 1 aromatic carbocycles. The molecule has 136 valence electrons. The molecule has 2 N–H and O–H groups in total. The van der Waals surface area contributed by atoms with Crippen LogP contribution in [0.25, 0.3) is 5.69 Å². The van der Waals surface area contributed by atoms with Crippen molar-refractivity contribution in [3.05, 3.63) is 41.7 Å². The molecule has 1 aliphatic heterocycles. The molecule has 1 fully saturated rings. The number of hydrogen-bond acceptors (Lipinski definition) is 4. The molecule has 1 unspecified atom stereocenters. The van der Waals surface area contributed by atoms with Crippen molar-refractivity contribution in [1.29, 1.82) is 0 Å². The van der Waals surface area contributed by atoms with E-state index in [1.54, 1.807) is 24.1 Å². The van der Waals surface area contributed by atoms with E-state index in [0.717, 1.165) is 36.5 Å². The van der Waals surface area contributed by atoms with Gasteiger partial charge in [0.15, 0.2) is 5.69 Å². The molecule has 0 aliphatic carbocycles. The van der Waals surface area contributed by atoms with Gasteiger partial charge in [0.05, 0.1) is 7.11 Å². The lowest BCUT2D eigenvalue weighted by molar-refractivity contribution is 0.0939. The second kappa shape index (κ2) is 8.87. The molecule has 2 heterocycles. The Bertz CT molecular complexity index is 711. The van der Waals surface area contributed by atoms with Gasteiger partial charge in [-0.1, -0.05) is 6.07 Å². The molecule has 25 heavy (non-hydrogen) atoms. The first-order valence-electron chi connectivity index (χ1n) is 8.37. The number of amides is 1. The summed E-state index contributed by atoms with van der Waals surface area (Å²) in [6.07, 6.45) is 4.11. The molecule has 7 heteroatoms. The summed E-state index contributed by atoms with van der Waals surface area (Å²) in [6, 6.07) is 7.61. The van der Waals surface area contributed by atoms with E-state index in [2.05, 4.69) is 15.7 Å². The maximum atomic E-state index is 12.3. The summed E-state index contributed by atoms with van der Waals surface area (Å²) in [5.41, 5.74) is 2.35. The molecule has 1 saturated heterocycles. The number of piperidine rings is 1. The van der Waals surface area contributed by atoms with Crippen LogP contribution in [-0.4, -0.2) is 42.4 Å². The fourth-order valence-electron chi connectivity index (χ4n) is 2.98. The summed E-state index contributed by atoms with van der Waals surface area (Å²) in [5, 5.41) is 10.7. The van der Waals surface area contributed by atoms with E-state index in [9.17, 15) is 4.79 Å². The van der Waals surface area contributed by atoms with Gasteiger partial charge in [-0.2, -0.15) is 5.10 Å². The van der Waals surface area contributed by atoms with Gasteiger partial charge >= 0.3 is 0 Å². The Balaban J connectivity index is 0.00000225. The smallest absolute Gasteiger partial charge is 0.271 e. The fraction of sp³-hybridized carbons (Fsp3) is 0.444. The third-order valence-corrected chi connectivity index (χ3v) is 4.35. The van der Waals surface area contributed by atoms with Crippen LogP contribution in [0.4, 0.5) is 0 Å². The number of aromatic nitrogens is 2. The van der Waals surface area contributed by atoms with Crippen molar-refractivity contribution < 1.29 is 9.53 Å². The van der Waals surface area contributed by atoms with E-state index in [1.807, 2.05) is 25.1 Å². The first-order valence-corrected chi connectivity index (χ1v) is 8.37. The predicted molar refractivity (Wildman–Crippen MR) is 100 cm³/mol. The van der Waals surface area contributed by atoms with Crippen molar-refractivity contribution in [3.8, 4) is 11.4 Å². The number of benzene rings is 1. The predicted octanol–water partition coefficient (Wildman–Crippen LogP) is 2.34. The molecule has 1 atom stereocenters. The average Bonchev–Trinajstić information content (AvgIpc) is 3.10. The topological polar surface area (TPSA) is 68.2 Å². The van der Waals surface area contributed by atoms with Crippen molar-refractivity contribution in [3.63, 3.8) is 0 Å². The monoisotopic (exact) mass is 364 g/mol. The normalized spacial score (nSPS) is 16.8. The van der Waals surface area contributed by atoms with Crippen LogP contribution in [0.1, 0.15) is 28.9 Å². The highest BCUT2D eigenvalue weighted by molar-refractivity contribution is 5.92. The summed E-state index contributed by atoms with van der Waals surface area (Å²) >= 11 is 0. The molecule has 0 saturated carbocycles. The van der Waals surface area contributed by atoms with Gasteiger partial charge in [-0.25, -0.2) is 4.68 Å². The number of halogens is 1. The Labute approximate surface area is 154 Å². The minimum absolute atomic E-state index is 0. The highest BCUT2D eigenvalue weighted by Crippen LogP contribution is 2.23. The summed E-state index contributed by atoms with van der Waals surface area (Å²) in [5.74, 6) is 1.09. The molecular weight excluding hydrogens is 340 g/mol. The number of aryl methyl sites for hydroxylation is 1.